The van der Waals surface area contributed by atoms with Gasteiger partial charge in [0, 0.05) is 38.4 Å². The molecule has 1 amide bonds. The van der Waals surface area contributed by atoms with E-state index in [0.29, 0.717) is 34.9 Å². The average Bonchev–Trinajstić information content (AvgIpc) is 3.34. The number of halogens is 1. The van der Waals surface area contributed by atoms with Crippen LogP contribution in [0.5, 0.6) is 0 Å². The molecule has 2 aromatic heterocycles. The molecule has 0 aliphatic carbocycles. The first-order chi connectivity index (χ1) is 14.8. The van der Waals surface area contributed by atoms with Gasteiger partial charge in [0.1, 0.15) is 0 Å². The summed E-state index contributed by atoms with van der Waals surface area (Å²) in [6.07, 6.45) is 2.58. The summed E-state index contributed by atoms with van der Waals surface area (Å²) in [7, 11) is 3.61. The molecule has 0 bridgehead atoms. The van der Waals surface area contributed by atoms with E-state index < -0.39 is 6.35 Å². The van der Waals surface area contributed by atoms with Crippen LogP contribution < -0.4 is 9.80 Å². The molecule has 0 radical (unpaired) electrons. The summed E-state index contributed by atoms with van der Waals surface area (Å²) in [4.78, 5) is 23.5. The zero-order valence-electron chi connectivity index (χ0n) is 17.6. The van der Waals surface area contributed by atoms with Crippen molar-refractivity contribution >= 4 is 35.0 Å². The highest BCUT2D eigenvalue weighted by Crippen LogP contribution is 2.39. The molecule has 5 rings (SSSR count). The molecular weight excluding hydrogens is 418 g/mol. The first-order valence-corrected chi connectivity index (χ1v) is 10.5. The maximum atomic E-state index is 13.6. The number of amides is 1. The number of aromatic nitrogens is 4. The van der Waals surface area contributed by atoms with E-state index in [9.17, 15) is 9.90 Å². The van der Waals surface area contributed by atoms with E-state index in [2.05, 4.69) is 16.9 Å². The molecule has 0 spiro atoms. The van der Waals surface area contributed by atoms with E-state index in [1.807, 2.05) is 36.0 Å². The summed E-state index contributed by atoms with van der Waals surface area (Å²) in [6.45, 7) is 3.79. The van der Waals surface area contributed by atoms with Crippen molar-refractivity contribution in [2.45, 2.75) is 26.4 Å². The molecule has 1 N–H and O–H groups in total. The molecule has 31 heavy (non-hydrogen) atoms. The van der Waals surface area contributed by atoms with Crippen molar-refractivity contribution in [1.82, 2.24) is 24.2 Å². The van der Waals surface area contributed by atoms with Crippen LogP contribution in [0, 0.1) is 5.92 Å². The monoisotopic (exact) mass is 441 g/mol. The highest BCUT2D eigenvalue weighted by molar-refractivity contribution is 6.31. The highest BCUT2D eigenvalue weighted by atomic mass is 35.5. The second-order valence-electron chi connectivity index (χ2n) is 8.26. The van der Waals surface area contributed by atoms with Gasteiger partial charge >= 0.3 is 0 Å². The number of aliphatic hydroxyl groups excluding tert-OH is 1. The Balaban J connectivity index is 1.58. The molecule has 2 aliphatic heterocycles. The summed E-state index contributed by atoms with van der Waals surface area (Å²) in [6, 6.07) is 7.34. The highest BCUT2D eigenvalue weighted by Gasteiger charge is 2.42. The van der Waals surface area contributed by atoms with Crippen molar-refractivity contribution < 1.29 is 9.90 Å². The van der Waals surface area contributed by atoms with Gasteiger partial charge in [-0.2, -0.15) is 10.1 Å². The predicted octanol–water partition coefficient (Wildman–Crippen LogP) is 2.43. The third kappa shape index (κ3) is 3.16. The largest absolute Gasteiger partial charge is 0.356 e. The van der Waals surface area contributed by atoms with E-state index in [0.717, 1.165) is 17.8 Å². The van der Waals surface area contributed by atoms with Crippen molar-refractivity contribution in [3.05, 3.63) is 52.9 Å². The molecule has 4 heterocycles. The summed E-state index contributed by atoms with van der Waals surface area (Å²) in [5, 5.41) is 15.8. The van der Waals surface area contributed by atoms with Crippen LogP contribution in [0.3, 0.4) is 0 Å². The van der Waals surface area contributed by atoms with E-state index in [-0.39, 0.29) is 12.5 Å². The molecule has 3 aromatic rings. The van der Waals surface area contributed by atoms with Crippen LogP contribution in [0.2, 0.25) is 5.02 Å². The topological polar surface area (TPSA) is 82.7 Å². The third-order valence-electron chi connectivity index (χ3n) is 5.88. The molecule has 0 saturated heterocycles. The van der Waals surface area contributed by atoms with Crippen molar-refractivity contribution in [3.63, 3.8) is 0 Å². The van der Waals surface area contributed by atoms with Crippen molar-refractivity contribution in [3.8, 4) is 0 Å². The van der Waals surface area contributed by atoms with E-state index in [1.165, 1.54) is 4.90 Å². The minimum absolute atomic E-state index is 0.200. The lowest BCUT2D eigenvalue weighted by Gasteiger charge is -2.39. The van der Waals surface area contributed by atoms with Crippen LogP contribution >= 0.6 is 11.6 Å². The van der Waals surface area contributed by atoms with Crippen molar-refractivity contribution in [2.24, 2.45) is 13.0 Å². The Kier molecular flexibility index (Phi) is 4.67. The smallest absolute Gasteiger partial charge is 0.278 e. The molecule has 10 heteroatoms. The van der Waals surface area contributed by atoms with Gasteiger partial charge in [-0.3, -0.25) is 14.4 Å². The summed E-state index contributed by atoms with van der Waals surface area (Å²) < 4.78 is 3.70. The number of imidazole rings is 1. The second-order valence-corrected chi connectivity index (χ2v) is 8.67. The molecule has 2 unspecified atom stereocenters. The Morgan fingerprint density at radius 3 is 2.71 bits per heavy atom. The van der Waals surface area contributed by atoms with Crippen LogP contribution in [0.25, 0.3) is 0 Å². The number of carbonyl (C=O) groups is 1. The Morgan fingerprint density at radius 2 is 2.00 bits per heavy atom. The Bertz CT molecular complexity index is 1160. The molecule has 0 saturated carbocycles. The van der Waals surface area contributed by atoms with Gasteiger partial charge < -0.3 is 19.5 Å². The average molecular weight is 442 g/mol. The fourth-order valence-corrected chi connectivity index (χ4v) is 4.51. The van der Waals surface area contributed by atoms with E-state index in [4.69, 9.17) is 16.6 Å². The third-order valence-corrected chi connectivity index (χ3v) is 6.25. The van der Waals surface area contributed by atoms with Gasteiger partial charge in [0.05, 0.1) is 18.4 Å². The second kappa shape index (κ2) is 7.28. The SMILES string of the molecule is CC1CN(c2cnn(C)c2)c2nc3c(n2C1)C(=O)N(Cc1ccccc1Cl)C(O)N3C. The molecule has 1 aromatic carbocycles. The van der Waals surface area contributed by atoms with Crippen LogP contribution in [0.4, 0.5) is 17.5 Å². The first kappa shape index (κ1) is 19.9. The fourth-order valence-electron chi connectivity index (χ4n) is 4.32. The lowest BCUT2D eigenvalue weighted by atomic mass is 10.1. The maximum Gasteiger partial charge on any atom is 0.278 e. The lowest BCUT2D eigenvalue weighted by molar-refractivity contribution is -0.000890. The normalized spacial score (nSPS) is 20.8. The maximum absolute atomic E-state index is 13.6. The summed E-state index contributed by atoms with van der Waals surface area (Å²) in [5.41, 5.74) is 2.17. The predicted molar refractivity (Wildman–Crippen MR) is 117 cm³/mol. The van der Waals surface area contributed by atoms with Gasteiger partial charge in [-0.05, 0) is 17.5 Å². The Labute approximate surface area is 185 Å². The van der Waals surface area contributed by atoms with Crippen LogP contribution in [0.15, 0.2) is 36.7 Å². The van der Waals surface area contributed by atoms with Gasteiger partial charge in [0.15, 0.2) is 11.5 Å². The first-order valence-electron chi connectivity index (χ1n) is 10.2. The fraction of sp³-hybridized carbons (Fsp3) is 0.381. The number of anilines is 3. The number of nitrogens with zero attached hydrogens (tertiary/aromatic N) is 7. The number of carbonyl (C=O) groups excluding carboxylic acids is 1. The molecule has 162 valence electrons. The van der Waals surface area contributed by atoms with Crippen molar-refractivity contribution in [1.29, 1.82) is 0 Å². The van der Waals surface area contributed by atoms with Gasteiger partial charge in [-0.1, -0.05) is 36.7 Å². The zero-order chi connectivity index (χ0) is 21.9. The molecule has 2 atom stereocenters. The minimum atomic E-state index is -1.14. The summed E-state index contributed by atoms with van der Waals surface area (Å²) >= 11 is 6.31. The Morgan fingerprint density at radius 1 is 1.23 bits per heavy atom. The molecular formula is C21H24ClN7O2. The number of hydrogen-bond donors (Lipinski definition) is 1. The van der Waals surface area contributed by atoms with Gasteiger partial charge in [-0.25, -0.2) is 0 Å². The van der Waals surface area contributed by atoms with Gasteiger partial charge in [0.2, 0.25) is 12.3 Å². The quantitative estimate of drug-likeness (QED) is 0.672. The zero-order valence-corrected chi connectivity index (χ0v) is 18.4. The number of hydrogen-bond acceptors (Lipinski definition) is 6. The molecule has 0 fully saturated rings. The standard InChI is InChI=1S/C21H24ClN7O2/c1-13-9-27(15-8-23-25(2)12-15)20-24-18-17(28(20)10-13)19(30)29(21(31)26(18)3)11-14-6-4-5-7-16(14)22/h4-8,12-13,21,31H,9-11H2,1-3H3. The van der Waals surface area contributed by atoms with Crippen molar-refractivity contribution in [2.75, 3.05) is 23.4 Å². The van der Waals surface area contributed by atoms with Crippen LogP contribution in [0.1, 0.15) is 23.0 Å². The number of aliphatic hydroxyl groups is 1. The van der Waals surface area contributed by atoms with Gasteiger partial charge in [-0.15, -0.1) is 0 Å². The number of benzene rings is 1. The Hall–Kier alpha value is -3.04. The van der Waals surface area contributed by atoms with Crippen LogP contribution in [-0.4, -0.2) is 55.2 Å². The number of aryl methyl sites for hydroxylation is 1. The number of rotatable bonds is 3. The van der Waals surface area contributed by atoms with E-state index >= 15 is 0 Å². The van der Waals surface area contributed by atoms with E-state index in [1.54, 1.807) is 28.9 Å². The van der Waals surface area contributed by atoms with Crippen LogP contribution in [-0.2, 0) is 20.1 Å². The van der Waals surface area contributed by atoms with Gasteiger partial charge in [0.25, 0.3) is 5.91 Å². The minimum Gasteiger partial charge on any atom is -0.356 e. The molecule has 9 nitrogen and oxygen atoms in total. The molecule has 2 aliphatic rings. The number of fused-ring (bicyclic) bond motifs is 3. The summed E-state index contributed by atoms with van der Waals surface area (Å²) in [5.74, 6) is 1.20. The lowest BCUT2D eigenvalue weighted by Crippen LogP contribution is -2.54.